The summed E-state index contributed by atoms with van der Waals surface area (Å²) >= 11 is 1.54. The normalized spacial score (nSPS) is 17.8. The van der Waals surface area contributed by atoms with Crippen LogP contribution in [0.15, 0.2) is 47.5 Å². The van der Waals surface area contributed by atoms with Crippen molar-refractivity contribution >= 4 is 34.2 Å². The van der Waals surface area contributed by atoms with Crippen LogP contribution in [0.4, 0.5) is 11.4 Å². The van der Waals surface area contributed by atoms with Crippen LogP contribution in [-0.4, -0.2) is 39.8 Å². The van der Waals surface area contributed by atoms with Gasteiger partial charge in [0, 0.05) is 29.0 Å². The molecule has 1 aliphatic heterocycles. The molecule has 8 heteroatoms. The lowest BCUT2D eigenvalue weighted by Gasteiger charge is -2.23. The second-order valence-corrected chi connectivity index (χ2v) is 7.39. The van der Waals surface area contributed by atoms with Gasteiger partial charge in [-0.25, -0.2) is 4.99 Å². The van der Waals surface area contributed by atoms with E-state index in [1.54, 1.807) is 25.0 Å². The van der Waals surface area contributed by atoms with Gasteiger partial charge in [0.1, 0.15) is 5.75 Å². The third-order valence-corrected chi connectivity index (χ3v) is 5.70. The summed E-state index contributed by atoms with van der Waals surface area (Å²) in [4.78, 5) is 30.1. The maximum Gasteiger partial charge on any atom is 0.272 e. The van der Waals surface area contributed by atoms with Crippen LogP contribution in [0.25, 0.3) is 0 Å². The predicted octanol–water partition coefficient (Wildman–Crippen LogP) is 4.57. The third-order valence-electron chi connectivity index (χ3n) is 4.60. The highest BCUT2D eigenvalue weighted by Crippen LogP contribution is 2.31. The van der Waals surface area contributed by atoms with Gasteiger partial charge in [-0.3, -0.25) is 19.8 Å². The standard InChI is InChI=1S/C20H21N3O4S/c1-4-16-12-28-20(21-15-6-8-17(27-3)9-7-15)22(16)19(24)14-5-10-18(23(25)26)13(2)11-14/h5-11,16H,4,12H2,1-3H3/t16-/m0/s1. The molecule has 1 fully saturated rings. The van der Waals surface area contributed by atoms with Crippen LogP contribution in [0.5, 0.6) is 5.75 Å². The van der Waals surface area contributed by atoms with E-state index in [1.165, 1.54) is 23.9 Å². The SMILES string of the molecule is CC[C@H]1CSC(=Nc2ccc(OC)cc2)N1C(=O)c1ccc([N+](=O)[O-])c(C)c1. The number of carbonyl (C=O) groups is 1. The van der Waals surface area contributed by atoms with Crippen molar-refractivity contribution in [3.8, 4) is 5.75 Å². The minimum atomic E-state index is -0.444. The molecule has 7 nitrogen and oxygen atoms in total. The fourth-order valence-corrected chi connectivity index (χ4v) is 4.28. The number of aliphatic imine (C=N–C) groups is 1. The molecular weight excluding hydrogens is 378 g/mol. The zero-order valence-electron chi connectivity index (χ0n) is 15.9. The number of amides is 1. The van der Waals surface area contributed by atoms with Crippen molar-refractivity contribution in [2.24, 2.45) is 4.99 Å². The van der Waals surface area contributed by atoms with Crippen LogP contribution in [0.3, 0.4) is 0 Å². The van der Waals surface area contributed by atoms with Crippen LogP contribution in [0.2, 0.25) is 0 Å². The van der Waals surface area contributed by atoms with Crippen LogP contribution < -0.4 is 4.74 Å². The number of hydrogen-bond donors (Lipinski definition) is 0. The zero-order valence-corrected chi connectivity index (χ0v) is 16.7. The molecule has 2 aromatic carbocycles. The van der Waals surface area contributed by atoms with Crippen molar-refractivity contribution in [3.05, 3.63) is 63.7 Å². The Bertz CT molecular complexity index is 928. The van der Waals surface area contributed by atoms with E-state index in [1.807, 2.05) is 31.2 Å². The molecule has 0 N–H and O–H groups in total. The Morgan fingerprint density at radius 3 is 2.61 bits per heavy atom. The summed E-state index contributed by atoms with van der Waals surface area (Å²) in [6.45, 7) is 3.67. The first-order valence-electron chi connectivity index (χ1n) is 8.88. The second kappa shape index (κ2) is 8.43. The first kappa shape index (κ1) is 19.9. The molecule has 3 rings (SSSR count). The lowest BCUT2D eigenvalue weighted by molar-refractivity contribution is -0.385. The molecule has 0 saturated carbocycles. The number of thioether (sulfide) groups is 1. The average Bonchev–Trinajstić information content (AvgIpc) is 3.10. The zero-order chi connectivity index (χ0) is 20.3. The number of hydrogen-bond acceptors (Lipinski definition) is 6. The molecule has 0 radical (unpaired) electrons. The lowest BCUT2D eigenvalue weighted by Crippen LogP contribution is -2.39. The largest absolute Gasteiger partial charge is 0.497 e. The van der Waals surface area contributed by atoms with Gasteiger partial charge in [0.05, 0.1) is 17.7 Å². The van der Waals surface area contributed by atoms with Gasteiger partial charge in [0.15, 0.2) is 5.17 Å². The van der Waals surface area contributed by atoms with Gasteiger partial charge in [-0.05, 0) is 49.7 Å². The summed E-state index contributed by atoms with van der Waals surface area (Å²) in [6, 6.07) is 11.8. The Morgan fingerprint density at radius 2 is 2.04 bits per heavy atom. The van der Waals surface area contributed by atoms with Crippen molar-refractivity contribution in [1.29, 1.82) is 0 Å². The van der Waals surface area contributed by atoms with E-state index in [9.17, 15) is 14.9 Å². The highest BCUT2D eigenvalue weighted by atomic mass is 32.2. The van der Waals surface area contributed by atoms with Crippen LogP contribution in [0, 0.1) is 17.0 Å². The molecule has 2 aromatic rings. The van der Waals surface area contributed by atoms with Gasteiger partial charge in [-0.1, -0.05) is 18.7 Å². The van der Waals surface area contributed by atoms with Crippen LogP contribution >= 0.6 is 11.8 Å². The minimum Gasteiger partial charge on any atom is -0.497 e. The van der Waals surface area contributed by atoms with Crippen molar-refractivity contribution in [2.45, 2.75) is 26.3 Å². The van der Waals surface area contributed by atoms with Gasteiger partial charge in [0.25, 0.3) is 11.6 Å². The van der Waals surface area contributed by atoms with E-state index in [2.05, 4.69) is 4.99 Å². The molecule has 1 saturated heterocycles. The predicted molar refractivity (Wildman–Crippen MR) is 111 cm³/mol. The molecule has 0 spiro atoms. The molecule has 0 aliphatic carbocycles. The quantitative estimate of drug-likeness (QED) is 0.543. The monoisotopic (exact) mass is 399 g/mol. The number of amidine groups is 1. The first-order valence-corrected chi connectivity index (χ1v) is 9.87. The number of rotatable bonds is 5. The summed E-state index contributed by atoms with van der Waals surface area (Å²) in [5, 5.41) is 11.7. The Morgan fingerprint density at radius 1 is 1.32 bits per heavy atom. The second-order valence-electron chi connectivity index (χ2n) is 6.40. The Kier molecular flexibility index (Phi) is 5.99. The molecule has 1 heterocycles. The molecule has 146 valence electrons. The molecule has 0 aromatic heterocycles. The van der Waals surface area contributed by atoms with Gasteiger partial charge < -0.3 is 4.74 Å². The van der Waals surface area contributed by atoms with Gasteiger partial charge >= 0.3 is 0 Å². The lowest BCUT2D eigenvalue weighted by atomic mass is 10.1. The van der Waals surface area contributed by atoms with Gasteiger partial charge in [0.2, 0.25) is 0 Å². The number of benzene rings is 2. The van der Waals surface area contributed by atoms with Crippen molar-refractivity contribution < 1.29 is 14.5 Å². The first-order chi connectivity index (χ1) is 13.4. The van der Waals surface area contributed by atoms with Gasteiger partial charge in [-0.2, -0.15) is 0 Å². The third kappa shape index (κ3) is 4.01. The summed E-state index contributed by atoms with van der Waals surface area (Å²) < 4.78 is 5.16. The molecule has 0 bridgehead atoms. The highest BCUT2D eigenvalue weighted by Gasteiger charge is 2.35. The molecule has 0 unspecified atom stereocenters. The van der Waals surface area contributed by atoms with E-state index >= 15 is 0 Å². The van der Waals surface area contributed by atoms with Crippen LogP contribution in [-0.2, 0) is 0 Å². The fraction of sp³-hybridized carbons (Fsp3) is 0.300. The summed E-state index contributed by atoms with van der Waals surface area (Å²) in [5.74, 6) is 1.31. The highest BCUT2D eigenvalue weighted by molar-refractivity contribution is 8.14. The number of carbonyl (C=O) groups excluding carboxylic acids is 1. The van der Waals surface area contributed by atoms with E-state index in [0.29, 0.717) is 16.3 Å². The number of nitrogens with zero attached hydrogens (tertiary/aromatic N) is 3. The molecule has 28 heavy (non-hydrogen) atoms. The number of ether oxygens (including phenoxy) is 1. The van der Waals surface area contributed by atoms with Crippen molar-refractivity contribution in [1.82, 2.24) is 4.90 Å². The fourth-order valence-electron chi connectivity index (χ4n) is 3.01. The number of nitro groups is 1. The maximum atomic E-state index is 13.2. The van der Waals surface area contributed by atoms with Crippen LogP contribution in [0.1, 0.15) is 29.3 Å². The molecule has 1 atom stereocenters. The molecule has 1 amide bonds. The number of aryl methyl sites for hydroxylation is 1. The average molecular weight is 399 g/mol. The number of nitro benzene ring substituents is 1. The van der Waals surface area contributed by atoms with E-state index in [-0.39, 0.29) is 17.6 Å². The Labute approximate surface area is 167 Å². The van der Waals surface area contributed by atoms with E-state index in [0.717, 1.165) is 23.6 Å². The summed E-state index contributed by atoms with van der Waals surface area (Å²) in [6.07, 6.45) is 0.798. The van der Waals surface area contributed by atoms with Gasteiger partial charge in [-0.15, -0.1) is 0 Å². The molecule has 1 aliphatic rings. The molecular formula is C20H21N3O4S. The maximum absolute atomic E-state index is 13.2. The Balaban J connectivity index is 1.93. The van der Waals surface area contributed by atoms with Crippen molar-refractivity contribution in [2.75, 3.05) is 12.9 Å². The minimum absolute atomic E-state index is 0.00603. The van der Waals surface area contributed by atoms with E-state index < -0.39 is 4.92 Å². The smallest absolute Gasteiger partial charge is 0.272 e. The number of methoxy groups -OCH3 is 1. The van der Waals surface area contributed by atoms with E-state index in [4.69, 9.17) is 4.74 Å². The van der Waals surface area contributed by atoms with Crippen molar-refractivity contribution in [3.63, 3.8) is 0 Å². The Hall–Kier alpha value is -2.87. The summed E-state index contributed by atoms with van der Waals surface area (Å²) in [5.41, 5.74) is 1.63. The summed E-state index contributed by atoms with van der Waals surface area (Å²) in [7, 11) is 1.60. The topological polar surface area (TPSA) is 85.0 Å².